The van der Waals surface area contributed by atoms with Crippen molar-refractivity contribution in [2.75, 3.05) is 33.3 Å². The van der Waals surface area contributed by atoms with Gasteiger partial charge in [-0.25, -0.2) is 9.18 Å². The van der Waals surface area contributed by atoms with Crippen molar-refractivity contribution in [3.05, 3.63) is 35.1 Å². The molecule has 1 unspecified atom stereocenters. The fourth-order valence-electron chi connectivity index (χ4n) is 3.70. The minimum Gasteiger partial charge on any atom is -0.453 e. The third-order valence-electron chi connectivity index (χ3n) is 5.07. The summed E-state index contributed by atoms with van der Waals surface area (Å²) in [5.41, 5.74) is 1.33. The number of carbonyl (C=O) groups excluding carboxylic acids is 3. The van der Waals surface area contributed by atoms with E-state index >= 15 is 0 Å². The van der Waals surface area contributed by atoms with E-state index in [4.69, 9.17) is 4.74 Å². The molecule has 3 amide bonds. The lowest BCUT2D eigenvalue weighted by atomic mass is 9.92. The molecule has 1 aromatic rings. The maximum Gasteiger partial charge on any atom is 0.410 e. The SMILES string of the molecule is COC(=O)N1CCc2ccc(F)cc2C1C(=O)NCCCN1CCCC1=O. The number of hydrogen-bond donors (Lipinski definition) is 1. The van der Waals surface area contributed by atoms with Crippen LogP contribution < -0.4 is 5.32 Å². The van der Waals surface area contributed by atoms with Gasteiger partial charge in [0.2, 0.25) is 11.8 Å². The summed E-state index contributed by atoms with van der Waals surface area (Å²) >= 11 is 0. The van der Waals surface area contributed by atoms with Crippen LogP contribution in [0.15, 0.2) is 18.2 Å². The van der Waals surface area contributed by atoms with Crippen LogP contribution in [0.25, 0.3) is 0 Å². The predicted molar refractivity (Wildman–Crippen MR) is 95.4 cm³/mol. The van der Waals surface area contributed by atoms with Gasteiger partial charge in [0, 0.05) is 32.6 Å². The lowest BCUT2D eigenvalue weighted by Gasteiger charge is -2.35. The molecule has 2 aliphatic heterocycles. The molecule has 2 aliphatic rings. The Labute approximate surface area is 157 Å². The molecule has 3 rings (SSSR count). The normalized spacial score (nSPS) is 19.0. The van der Waals surface area contributed by atoms with Crippen LogP contribution in [0, 0.1) is 5.82 Å². The van der Waals surface area contributed by atoms with E-state index < -0.39 is 18.0 Å². The molecule has 1 atom stereocenters. The van der Waals surface area contributed by atoms with Gasteiger partial charge in [0.05, 0.1) is 7.11 Å². The zero-order valence-corrected chi connectivity index (χ0v) is 15.4. The molecule has 0 bridgehead atoms. The third kappa shape index (κ3) is 4.20. The number of benzene rings is 1. The summed E-state index contributed by atoms with van der Waals surface area (Å²) in [6.45, 7) is 2.05. The number of fused-ring (bicyclic) bond motifs is 1. The second-order valence-electron chi connectivity index (χ2n) is 6.79. The lowest BCUT2D eigenvalue weighted by Crippen LogP contribution is -2.47. The number of carbonyl (C=O) groups is 3. The average molecular weight is 377 g/mol. The number of ether oxygens (including phenoxy) is 1. The van der Waals surface area contributed by atoms with Gasteiger partial charge in [-0.1, -0.05) is 6.07 Å². The van der Waals surface area contributed by atoms with Crippen molar-refractivity contribution < 1.29 is 23.5 Å². The number of likely N-dealkylation sites (tertiary alicyclic amines) is 1. The van der Waals surface area contributed by atoms with E-state index in [2.05, 4.69) is 5.32 Å². The largest absolute Gasteiger partial charge is 0.453 e. The highest BCUT2D eigenvalue weighted by molar-refractivity contribution is 5.87. The summed E-state index contributed by atoms with van der Waals surface area (Å²) in [6, 6.07) is 3.38. The number of rotatable bonds is 5. The van der Waals surface area contributed by atoms with Crippen molar-refractivity contribution >= 4 is 17.9 Å². The Morgan fingerprint density at radius 3 is 2.81 bits per heavy atom. The Hall–Kier alpha value is -2.64. The van der Waals surface area contributed by atoms with Gasteiger partial charge in [-0.3, -0.25) is 14.5 Å². The molecular weight excluding hydrogens is 353 g/mol. The highest BCUT2D eigenvalue weighted by atomic mass is 19.1. The highest BCUT2D eigenvalue weighted by Crippen LogP contribution is 2.31. The van der Waals surface area contributed by atoms with E-state index in [9.17, 15) is 18.8 Å². The predicted octanol–water partition coefficient (Wildman–Crippen LogP) is 1.62. The Bertz CT molecular complexity index is 740. The topological polar surface area (TPSA) is 79.0 Å². The Morgan fingerprint density at radius 1 is 1.30 bits per heavy atom. The zero-order valence-electron chi connectivity index (χ0n) is 15.4. The fraction of sp³-hybridized carbons (Fsp3) is 0.526. The van der Waals surface area contributed by atoms with Crippen LogP contribution in [0.4, 0.5) is 9.18 Å². The zero-order chi connectivity index (χ0) is 19.4. The first-order valence-electron chi connectivity index (χ1n) is 9.19. The van der Waals surface area contributed by atoms with Crippen LogP contribution in [0.2, 0.25) is 0 Å². The molecule has 8 heteroatoms. The van der Waals surface area contributed by atoms with E-state index in [1.807, 2.05) is 0 Å². The minimum atomic E-state index is -0.926. The molecule has 1 N–H and O–H groups in total. The molecule has 0 spiro atoms. The van der Waals surface area contributed by atoms with Crippen molar-refractivity contribution in [1.29, 1.82) is 0 Å². The van der Waals surface area contributed by atoms with Crippen LogP contribution in [0.1, 0.15) is 36.4 Å². The van der Waals surface area contributed by atoms with E-state index in [1.165, 1.54) is 24.1 Å². The molecule has 0 saturated carbocycles. The summed E-state index contributed by atoms with van der Waals surface area (Å²) in [7, 11) is 1.26. The monoisotopic (exact) mass is 377 g/mol. The molecule has 1 saturated heterocycles. The van der Waals surface area contributed by atoms with Crippen molar-refractivity contribution in [2.45, 2.75) is 31.7 Å². The van der Waals surface area contributed by atoms with Crippen molar-refractivity contribution in [2.24, 2.45) is 0 Å². The third-order valence-corrected chi connectivity index (χ3v) is 5.07. The molecule has 1 fully saturated rings. The molecule has 0 radical (unpaired) electrons. The van der Waals surface area contributed by atoms with E-state index in [1.54, 1.807) is 11.0 Å². The maximum atomic E-state index is 13.8. The van der Waals surface area contributed by atoms with Crippen molar-refractivity contribution in [3.8, 4) is 0 Å². The molecule has 0 aliphatic carbocycles. The Balaban J connectivity index is 1.67. The molecule has 1 aromatic carbocycles. The van der Waals surface area contributed by atoms with Gasteiger partial charge in [-0.05, 0) is 42.5 Å². The standard InChI is InChI=1S/C19H24FN3O4/c1-27-19(26)23-11-7-13-5-6-14(20)12-15(13)17(23)18(25)21-8-3-10-22-9-2-4-16(22)24/h5-6,12,17H,2-4,7-11H2,1H3,(H,21,25). The van der Waals surface area contributed by atoms with Crippen molar-refractivity contribution in [3.63, 3.8) is 0 Å². The van der Waals surface area contributed by atoms with E-state index in [0.717, 1.165) is 18.5 Å². The molecule has 0 aromatic heterocycles. The number of nitrogens with zero attached hydrogens (tertiary/aromatic N) is 2. The Morgan fingerprint density at radius 2 is 2.11 bits per heavy atom. The lowest BCUT2D eigenvalue weighted by molar-refractivity contribution is -0.127. The van der Waals surface area contributed by atoms with Gasteiger partial charge in [0.15, 0.2) is 0 Å². The van der Waals surface area contributed by atoms with Crippen LogP contribution in [-0.2, 0) is 20.7 Å². The van der Waals surface area contributed by atoms with Gasteiger partial charge in [0.25, 0.3) is 0 Å². The summed E-state index contributed by atoms with van der Waals surface area (Å²) in [6.07, 6.45) is 2.01. The van der Waals surface area contributed by atoms with Gasteiger partial charge in [-0.15, -0.1) is 0 Å². The van der Waals surface area contributed by atoms with Crippen LogP contribution in [0.5, 0.6) is 0 Å². The number of halogens is 1. The summed E-state index contributed by atoms with van der Waals surface area (Å²) in [5.74, 6) is -0.680. The first-order chi connectivity index (χ1) is 13.0. The van der Waals surface area contributed by atoms with Gasteiger partial charge >= 0.3 is 6.09 Å². The number of methoxy groups -OCH3 is 1. The highest BCUT2D eigenvalue weighted by Gasteiger charge is 2.36. The molecule has 27 heavy (non-hydrogen) atoms. The second kappa shape index (κ2) is 8.37. The Kier molecular flexibility index (Phi) is 5.93. The summed E-state index contributed by atoms with van der Waals surface area (Å²) < 4.78 is 18.5. The van der Waals surface area contributed by atoms with Gasteiger partial charge < -0.3 is 15.0 Å². The summed E-state index contributed by atoms with van der Waals surface area (Å²) in [5, 5.41) is 2.81. The molecule has 2 heterocycles. The molecule has 146 valence electrons. The first kappa shape index (κ1) is 19.1. The summed E-state index contributed by atoms with van der Waals surface area (Å²) in [4.78, 5) is 39.6. The average Bonchev–Trinajstić information content (AvgIpc) is 3.08. The number of amides is 3. The molecule has 7 nitrogen and oxygen atoms in total. The quantitative estimate of drug-likeness (QED) is 0.791. The van der Waals surface area contributed by atoms with Gasteiger partial charge in [0.1, 0.15) is 11.9 Å². The fourth-order valence-corrected chi connectivity index (χ4v) is 3.70. The number of nitrogens with one attached hydrogen (secondary N) is 1. The van der Waals surface area contributed by atoms with E-state index in [-0.39, 0.29) is 11.8 Å². The van der Waals surface area contributed by atoms with Crippen molar-refractivity contribution in [1.82, 2.24) is 15.1 Å². The second-order valence-corrected chi connectivity index (χ2v) is 6.79. The van der Waals surface area contributed by atoms with Gasteiger partial charge in [-0.2, -0.15) is 0 Å². The molecular formula is C19H24FN3O4. The number of hydrogen-bond acceptors (Lipinski definition) is 4. The maximum absolute atomic E-state index is 13.8. The smallest absolute Gasteiger partial charge is 0.410 e. The van der Waals surface area contributed by atoms with Crippen LogP contribution >= 0.6 is 0 Å². The van der Waals surface area contributed by atoms with Crippen LogP contribution in [-0.4, -0.2) is 61.0 Å². The minimum absolute atomic E-state index is 0.148. The van der Waals surface area contributed by atoms with E-state index in [0.29, 0.717) is 44.5 Å². The first-order valence-corrected chi connectivity index (χ1v) is 9.19. The van der Waals surface area contributed by atoms with Crippen LogP contribution in [0.3, 0.4) is 0 Å².